The van der Waals surface area contributed by atoms with E-state index in [1.165, 1.54) is 51.4 Å². The first-order chi connectivity index (χ1) is 9.77. The Labute approximate surface area is 131 Å². The normalized spacial score (nSPS) is 12.6. The van der Waals surface area contributed by atoms with Crippen LogP contribution in [0.3, 0.4) is 0 Å². The zero-order valence-corrected chi connectivity index (χ0v) is 14.2. The van der Waals surface area contributed by atoms with Gasteiger partial charge in [0.2, 0.25) is 0 Å². The van der Waals surface area contributed by atoms with Gasteiger partial charge in [-0.05, 0) is 34.5 Å². The zero-order valence-electron chi connectivity index (χ0n) is 12.6. The molecule has 1 aromatic heterocycles. The number of hydrogen-bond donors (Lipinski definition) is 2. The highest BCUT2D eigenvalue weighted by Gasteiger charge is 2.10. The summed E-state index contributed by atoms with van der Waals surface area (Å²) in [6.07, 6.45) is 13.6. The number of unbranched alkanes of at least 4 members (excludes halogenated alkanes) is 7. The van der Waals surface area contributed by atoms with Crippen LogP contribution in [0.15, 0.2) is 22.8 Å². The third kappa shape index (κ3) is 7.36. The summed E-state index contributed by atoms with van der Waals surface area (Å²) < 4.78 is 1.00. The first kappa shape index (κ1) is 17.6. The van der Waals surface area contributed by atoms with Gasteiger partial charge in [-0.3, -0.25) is 16.3 Å². The number of hydrazine groups is 1. The van der Waals surface area contributed by atoms with E-state index < -0.39 is 0 Å². The molecule has 0 saturated heterocycles. The average Bonchev–Trinajstić information content (AvgIpc) is 2.47. The Morgan fingerprint density at radius 1 is 1.10 bits per heavy atom. The quantitative estimate of drug-likeness (QED) is 0.342. The van der Waals surface area contributed by atoms with Crippen molar-refractivity contribution in [3.8, 4) is 0 Å². The Hall–Kier alpha value is -0.450. The number of aromatic nitrogens is 1. The molecule has 0 saturated carbocycles. The zero-order chi connectivity index (χ0) is 14.6. The number of nitrogens with one attached hydrogen (secondary N) is 1. The summed E-state index contributed by atoms with van der Waals surface area (Å²) in [6.45, 7) is 2.26. The van der Waals surface area contributed by atoms with Crippen molar-refractivity contribution < 1.29 is 0 Å². The molecule has 20 heavy (non-hydrogen) atoms. The molecule has 1 atom stereocenters. The molecule has 0 fully saturated rings. The molecule has 1 rings (SSSR count). The minimum Gasteiger partial charge on any atom is -0.271 e. The standard InChI is InChI=1S/C16H28BrN3/c1-2-3-4-5-6-7-8-9-10-16(20-18)15-12-11-14(17)13-19-15/h11-13,16,20H,2-10,18H2,1H3. The van der Waals surface area contributed by atoms with Gasteiger partial charge in [0, 0.05) is 10.7 Å². The number of rotatable bonds is 11. The monoisotopic (exact) mass is 341 g/mol. The van der Waals surface area contributed by atoms with Gasteiger partial charge in [-0.2, -0.15) is 0 Å². The van der Waals surface area contributed by atoms with Gasteiger partial charge in [0.05, 0.1) is 11.7 Å². The van der Waals surface area contributed by atoms with Crippen LogP contribution in [0.1, 0.15) is 76.4 Å². The average molecular weight is 342 g/mol. The molecule has 0 spiro atoms. The highest BCUT2D eigenvalue weighted by molar-refractivity contribution is 9.10. The first-order valence-electron chi connectivity index (χ1n) is 7.85. The maximum absolute atomic E-state index is 5.64. The van der Waals surface area contributed by atoms with Gasteiger partial charge >= 0.3 is 0 Å². The van der Waals surface area contributed by atoms with Crippen LogP contribution in [0.25, 0.3) is 0 Å². The molecule has 0 aliphatic heterocycles. The molecule has 1 heterocycles. The fraction of sp³-hybridized carbons (Fsp3) is 0.688. The van der Waals surface area contributed by atoms with Gasteiger partial charge in [0.15, 0.2) is 0 Å². The van der Waals surface area contributed by atoms with Crippen molar-refractivity contribution in [2.24, 2.45) is 5.84 Å². The first-order valence-corrected chi connectivity index (χ1v) is 8.64. The number of halogens is 1. The maximum atomic E-state index is 5.64. The number of pyridine rings is 1. The number of nitrogens with zero attached hydrogens (tertiary/aromatic N) is 1. The largest absolute Gasteiger partial charge is 0.271 e. The highest BCUT2D eigenvalue weighted by atomic mass is 79.9. The lowest BCUT2D eigenvalue weighted by molar-refractivity contribution is 0.467. The number of hydrogen-bond acceptors (Lipinski definition) is 3. The molecule has 0 aliphatic rings. The van der Waals surface area contributed by atoms with Crippen molar-refractivity contribution in [1.82, 2.24) is 10.4 Å². The second-order valence-corrected chi connectivity index (χ2v) is 6.30. The van der Waals surface area contributed by atoms with Gasteiger partial charge in [0.1, 0.15) is 0 Å². The molecule has 4 heteroatoms. The van der Waals surface area contributed by atoms with Gasteiger partial charge in [0.25, 0.3) is 0 Å². The molecule has 114 valence electrons. The molecule has 0 amide bonds. The predicted molar refractivity (Wildman–Crippen MR) is 89.2 cm³/mol. The molecule has 3 nitrogen and oxygen atoms in total. The van der Waals surface area contributed by atoms with Crippen LogP contribution in [-0.2, 0) is 0 Å². The summed E-state index contributed by atoms with van der Waals surface area (Å²) in [4.78, 5) is 4.41. The molecule has 0 radical (unpaired) electrons. The molecular formula is C16H28BrN3. The van der Waals surface area contributed by atoms with Crippen LogP contribution in [-0.4, -0.2) is 4.98 Å². The summed E-state index contributed by atoms with van der Waals surface area (Å²) in [5.74, 6) is 5.64. The Balaban J connectivity index is 2.14. The van der Waals surface area contributed by atoms with Crippen molar-refractivity contribution >= 4 is 15.9 Å². The molecule has 1 aromatic rings. The smallest absolute Gasteiger partial charge is 0.0632 e. The van der Waals surface area contributed by atoms with E-state index in [9.17, 15) is 0 Å². The third-order valence-corrected chi connectivity index (χ3v) is 4.12. The Morgan fingerprint density at radius 2 is 1.75 bits per heavy atom. The van der Waals surface area contributed by atoms with E-state index >= 15 is 0 Å². The minimum atomic E-state index is 0.170. The topological polar surface area (TPSA) is 50.9 Å². The summed E-state index contributed by atoms with van der Waals surface area (Å²) in [7, 11) is 0. The predicted octanol–water partition coefficient (Wildman–Crippen LogP) is 4.88. The minimum absolute atomic E-state index is 0.170. The molecule has 3 N–H and O–H groups in total. The Bertz CT molecular complexity index is 340. The summed E-state index contributed by atoms with van der Waals surface area (Å²) in [5.41, 5.74) is 3.91. The number of nitrogens with two attached hydrogens (primary N) is 1. The van der Waals surface area contributed by atoms with Crippen LogP contribution in [0.2, 0.25) is 0 Å². The van der Waals surface area contributed by atoms with Crippen LogP contribution in [0.5, 0.6) is 0 Å². The van der Waals surface area contributed by atoms with Crippen molar-refractivity contribution in [1.29, 1.82) is 0 Å². The fourth-order valence-corrected chi connectivity index (χ4v) is 2.63. The van der Waals surface area contributed by atoms with Crippen molar-refractivity contribution in [3.05, 3.63) is 28.5 Å². The molecule has 0 bridgehead atoms. The highest BCUT2D eigenvalue weighted by Crippen LogP contribution is 2.19. The fourth-order valence-electron chi connectivity index (χ4n) is 2.39. The lowest BCUT2D eigenvalue weighted by atomic mass is 10.0. The van der Waals surface area contributed by atoms with Crippen molar-refractivity contribution in [3.63, 3.8) is 0 Å². The SMILES string of the molecule is CCCCCCCCCCC(NN)c1ccc(Br)cn1. The molecule has 0 aliphatic carbocycles. The molecular weight excluding hydrogens is 314 g/mol. The van der Waals surface area contributed by atoms with Crippen LogP contribution in [0, 0.1) is 0 Å². The Kier molecular flexibility index (Phi) is 9.89. The van der Waals surface area contributed by atoms with Crippen molar-refractivity contribution in [2.45, 2.75) is 70.8 Å². The van der Waals surface area contributed by atoms with E-state index in [0.29, 0.717) is 0 Å². The third-order valence-electron chi connectivity index (χ3n) is 3.65. The Morgan fingerprint density at radius 3 is 2.30 bits per heavy atom. The van der Waals surface area contributed by atoms with E-state index in [1.54, 1.807) is 0 Å². The molecule has 1 unspecified atom stereocenters. The van der Waals surface area contributed by atoms with E-state index in [4.69, 9.17) is 5.84 Å². The van der Waals surface area contributed by atoms with Crippen molar-refractivity contribution in [2.75, 3.05) is 0 Å². The second-order valence-electron chi connectivity index (χ2n) is 5.38. The van der Waals surface area contributed by atoms with E-state index in [2.05, 4.69) is 33.3 Å². The van der Waals surface area contributed by atoms with Crippen LogP contribution >= 0.6 is 15.9 Å². The summed E-state index contributed by atoms with van der Waals surface area (Å²) >= 11 is 3.40. The van der Waals surface area contributed by atoms with Crippen LogP contribution in [0.4, 0.5) is 0 Å². The lowest BCUT2D eigenvalue weighted by Crippen LogP contribution is -2.28. The lowest BCUT2D eigenvalue weighted by Gasteiger charge is -2.15. The summed E-state index contributed by atoms with van der Waals surface area (Å²) in [6, 6.07) is 4.21. The maximum Gasteiger partial charge on any atom is 0.0632 e. The van der Waals surface area contributed by atoms with E-state index in [1.807, 2.05) is 18.3 Å². The van der Waals surface area contributed by atoms with Gasteiger partial charge in [-0.15, -0.1) is 0 Å². The van der Waals surface area contributed by atoms with Gasteiger partial charge < -0.3 is 0 Å². The second kappa shape index (κ2) is 11.2. The molecule has 0 aromatic carbocycles. The van der Waals surface area contributed by atoms with Gasteiger partial charge in [-0.1, -0.05) is 58.3 Å². The van der Waals surface area contributed by atoms with E-state index in [0.717, 1.165) is 16.6 Å². The van der Waals surface area contributed by atoms with E-state index in [-0.39, 0.29) is 6.04 Å². The van der Waals surface area contributed by atoms with Gasteiger partial charge in [-0.25, -0.2) is 0 Å². The summed E-state index contributed by atoms with van der Waals surface area (Å²) in [5, 5.41) is 0. The van der Waals surface area contributed by atoms with Crippen LogP contribution < -0.4 is 11.3 Å².